The maximum Gasteiger partial charge on any atom is 0.216 e. The van der Waals surface area contributed by atoms with Crippen LogP contribution in [0.4, 0.5) is 0 Å². The van der Waals surface area contributed by atoms with Gasteiger partial charge in [-0.2, -0.15) is 0 Å². The van der Waals surface area contributed by atoms with Crippen molar-refractivity contribution in [2.75, 3.05) is 27.2 Å². The minimum Gasteiger partial charge on any atom is -0.444 e. The Balaban J connectivity index is 0.00000364. The largest absolute Gasteiger partial charge is 0.444 e. The second-order valence-electron chi connectivity index (χ2n) is 6.72. The second kappa shape index (κ2) is 11.3. The zero-order valence-electron chi connectivity index (χ0n) is 17.2. The standard InChI is InChI=1S/C20H31N5O.HI/c1-7-21-20(23-13-19-24-15(3)16(4)26-19)22-12-18(25(5)6)17-10-8-14(2)9-11-17;/h8-11,18H,7,12-13H2,1-6H3,(H2,21,22,23);1H. The lowest BCUT2D eigenvalue weighted by Gasteiger charge is -2.26. The van der Waals surface area contributed by atoms with Crippen molar-refractivity contribution < 1.29 is 4.42 Å². The van der Waals surface area contributed by atoms with Crippen LogP contribution in [0.3, 0.4) is 0 Å². The molecular weight excluding hydrogens is 453 g/mol. The van der Waals surface area contributed by atoms with E-state index in [9.17, 15) is 0 Å². The Bertz CT molecular complexity index is 705. The Hall–Kier alpha value is -1.61. The van der Waals surface area contributed by atoms with Crippen molar-refractivity contribution in [2.24, 2.45) is 4.99 Å². The molecular formula is C20H32IN5O. The van der Waals surface area contributed by atoms with Gasteiger partial charge in [0.2, 0.25) is 5.89 Å². The topological polar surface area (TPSA) is 65.7 Å². The van der Waals surface area contributed by atoms with E-state index in [-0.39, 0.29) is 30.0 Å². The quantitative estimate of drug-likeness (QED) is 0.357. The van der Waals surface area contributed by atoms with E-state index in [0.717, 1.165) is 30.5 Å². The monoisotopic (exact) mass is 485 g/mol. The number of likely N-dealkylation sites (N-methyl/N-ethyl adjacent to an activating group) is 1. The number of halogens is 1. The van der Waals surface area contributed by atoms with Crippen LogP contribution in [-0.2, 0) is 6.54 Å². The smallest absolute Gasteiger partial charge is 0.216 e. The van der Waals surface area contributed by atoms with E-state index in [0.29, 0.717) is 12.4 Å². The molecule has 0 amide bonds. The number of aromatic nitrogens is 1. The predicted octanol–water partition coefficient (Wildman–Crippen LogP) is 3.58. The highest BCUT2D eigenvalue weighted by Gasteiger charge is 2.14. The molecule has 0 aliphatic rings. The van der Waals surface area contributed by atoms with Crippen LogP contribution in [-0.4, -0.2) is 43.0 Å². The van der Waals surface area contributed by atoms with Gasteiger partial charge in [-0.25, -0.2) is 9.98 Å². The fourth-order valence-corrected chi connectivity index (χ4v) is 2.68. The third-order valence-electron chi connectivity index (χ3n) is 4.34. The zero-order chi connectivity index (χ0) is 19.1. The Morgan fingerprint density at radius 1 is 1.15 bits per heavy atom. The summed E-state index contributed by atoms with van der Waals surface area (Å²) in [5.74, 6) is 2.25. The van der Waals surface area contributed by atoms with Crippen LogP contribution in [0, 0.1) is 20.8 Å². The Kier molecular flexibility index (Phi) is 9.79. The number of benzene rings is 1. The summed E-state index contributed by atoms with van der Waals surface area (Å²) in [5, 5.41) is 6.71. The maximum absolute atomic E-state index is 5.61. The van der Waals surface area contributed by atoms with Crippen LogP contribution in [0.5, 0.6) is 0 Å². The first-order valence-electron chi connectivity index (χ1n) is 9.08. The molecule has 0 saturated carbocycles. The Morgan fingerprint density at radius 2 is 1.81 bits per heavy atom. The summed E-state index contributed by atoms with van der Waals surface area (Å²) in [6.07, 6.45) is 0. The van der Waals surface area contributed by atoms with Crippen molar-refractivity contribution in [3.8, 4) is 0 Å². The first kappa shape index (κ1) is 23.4. The van der Waals surface area contributed by atoms with Crippen LogP contribution in [0.1, 0.15) is 41.4 Å². The van der Waals surface area contributed by atoms with Gasteiger partial charge in [0.25, 0.3) is 0 Å². The number of rotatable bonds is 7. The predicted molar refractivity (Wildman–Crippen MR) is 122 cm³/mol. The van der Waals surface area contributed by atoms with Gasteiger partial charge in [0, 0.05) is 13.1 Å². The summed E-state index contributed by atoms with van der Waals surface area (Å²) >= 11 is 0. The van der Waals surface area contributed by atoms with Gasteiger partial charge in [0.05, 0.1) is 11.7 Å². The van der Waals surface area contributed by atoms with Crippen molar-refractivity contribution in [1.29, 1.82) is 0 Å². The van der Waals surface area contributed by atoms with E-state index >= 15 is 0 Å². The SMILES string of the molecule is CCNC(=NCc1nc(C)c(C)o1)NCC(c1ccc(C)cc1)N(C)C.I. The molecule has 2 rings (SSSR count). The van der Waals surface area contributed by atoms with E-state index in [1.165, 1.54) is 11.1 Å². The highest BCUT2D eigenvalue weighted by molar-refractivity contribution is 14.0. The van der Waals surface area contributed by atoms with Crippen molar-refractivity contribution in [3.05, 3.63) is 52.7 Å². The van der Waals surface area contributed by atoms with Gasteiger partial charge in [-0.05, 0) is 47.4 Å². The zero-order valence-corrected chi connectivity index (χ0v) is 19.5. The first-order valence-corrected chi connectivity index (χ1v) is 9.08. The molecule has 1 atom stereocenters. The number of aryl methyl sites for hydroxylation is 3. The molecule has 1 aromatic heterocycles. The fraction of sp³-hybridized carbons (Fsp3) is 0.500. The highest BCUT2D eigenvalue weighted by Crippen LogP contribution is 2.18. The summed E-state index contributed by atoms with van der Waals surface area (Å²) < 4.78 is 5.61. The second-order valence-corrected chi connectivity index (χ2v) is 6.72. The van der Waals surface area contributed by atoms with Gasteiger partial charge >= 0.3 is 0 Å². The van der Waals surface area contributed by atoms with E-state index in [4.69, 9.17) is 4.42 Å². The molecule has 0 radical (unpaired) electrons. The van der Waals surface area contributed by atoms with Gasteiger partial charge in [-0.15, -0.1) is 24.0 Å². The lowest BCUT2D eigenvalue weighted by molar-refractivity contribution is 0.298. The van der Waals surface area contributed by atoms with Crippen molar-refractivity contribution in [1.82, 2.24) is 20.5 Å². The van der Waals surface area contributed by atoms with Crippen molar-refractivity contribution >= 4 is 29.9 Å². The van der Waals surface area contributed by atoms with Crippen LogP contribution < -0.4 is 10.6 Å². The van der Waals surface area contributed by atoms with Gasteiger partial charge in [-0.3, -0.25) is 0 Å². The average molecular weight is 485 g/mol. The van der Waals surface area contributed by atoms with Crippen LogP contribution in [0.15, 0.2) is 33.7 Å². The molecule has 150 valence electrons. The summed E-state index contributed by atoms with van der Waals surface area (Å²) in [6, 6.07) is 8.93. The summed E-state index contributed by atoms with van der Waals surface area (Å²) in [6.45, 7) is 10.00. The molecule has 0 bridgehead atoms. The van der Waals surface area contributed by atoms with Crippen LogP contribution >= 0.6 is 24.0 Å². The number of aliphatic imine (C=N–C) groups is 1. The van der Waals surface area contributed by atoms with E-state index < -0.39 is 0 Å². The molecule has 2 N–H and O–H groups in total. The summed E-state index contributed by atoms with van der Waals surface area (Å²) in [4.78, 5) is 11.2. The van der Waals surface area contributed by atoms with Crippen molar-refractivity contribution in [3.63, 3.8) is 0 Å². The number of nitrogens with one attached hydrogen (secondary N) is 2. The van der Waals surface area contributed by atoms with Gasteiger partial charge in [0.15, 0.2) is 5.96 Å². The normalized spacial score (nSPS) is 12.6. The molecule has 0 spiro atoms. The molecule has 0 aliphatic carbocycles. The Labute approximate surface area is 179 Å². The third kappa shape index (κ3) is 7.14. The van der Waals surface area contributed by atoms with Gasteiger partial charge in [-0.1, -0.05) is 29.8 Å². The number of guanidine groups is 1. The molecule has 1 heterocycles. The van der Waals surface area contributed by atoms with Crippen molar-refractivity contribution in [2.45, 2.75) is 40.3 Å². The molecule has 0 fully saturated rings. The number of oxazole rings is 1. The molecule has 0 aliphatic heterocycles. The third-order valence-corrected chi connectivity index (χ3v) is 4.34. The van der Waals surface area contributed by atoms with Gasteiger partial charge in [0.1, 0.15) is 12.3 Å². The fourth-order valence-electron chi connectivity index (χ4n) is 2.68. The van der Waals surface area contributed by atoms with Gasteiger partial charge < -0.3 is 20.0 Å². The van der Waals surface area contributed by atoms with E-state index in [1.807, 2.05) is 13.8 Å². The average Bonchev–Trinajstić information content (AvgIpc) is 2.92. The molecule has 6 nitrogen and oxygen atoms in total. The molecule has 27 heavy (non-hydrogen) atoms. The molecule has 2 aromatic rings. The minimum atomic E-state index is 0. The summed E-state index contributed by atoms with van der Waals surface area (Å²) in [5.41, 5.74) is 3.47. The molecule has 7 heteroatoms. The number of hydrogen-bond donors (Lipinski definition) is 2. The molecule has 0 saturated heterocycles. The first-order chi connectivity index (χ1) is 12.4. The summed E-state index contributed by atoms with van der Waals surface area (Å²) in [7, 11) is 4.18. The Morgan fingerprint density at radius 3 is 2.33 bits per heavy atom. The highest BCUT2D eigenvalue weighted by atomic mass is 127. The number of hydrogen-bond acceptors (Lipinski definition) is 4. The minimum absolute atomic E-state index is 0. The molecule has 1 unspecified atom stereocenters. The lowest BCUT2D eigenvalue weighted by Crippen LogP contribution is -2.41. The lowest BCUT2D eigenvalue weighted by atomic mass is 10.0. The number of nitrogens with zero attached hydrogens (tertiary/aromatic N) is 3. The van der Waals surface area contributed by atoms with Crippen LogP contribution in [0.2, 0.25) is 0 Å². The van der Waals surface area contributed by atoms with Crippen LogP contribution in [0.25, 0.3) is 0 Å². The van der Waals surface area contributed by atoms with E-state index in [2.05, 4.69) is 77.7 Å². The molecule has 1 aromatic carbocycles. The maximum atomic E-state index is 5.61. The van der Waals surface area contributed by atoms with E-state index in [1.54, 1.807) is 0 Å².